The first kappa shape index (κ1) is 10.7. The Morgan fingerprint density at radius 1 is 1.07 bits per heavy atom. The molecule has 2 rings (SSSR count). The highest BCUT2D eigenvalue weighted by atomic mass is 16.5. The van der Waals surface area contributed by atoms with Gasteiger partial charge in [-0.15, -0.1) is 0 Å². The molecule has 0 N–H and O–H groups in total. The largest absolute Gasteiger partial charge is 0.374 e. The van der Waals surface area contributed by atoms with E-state index in [1.54, 1.807) is 0 Å². The first-order valence-corrected chi connectivity index (χ1v) is 5.80. The van der Waals surface area contributed by atoms with E-state index in [0.29, 0.717) is 6.10 Å². The molecule has 0 amide bonds. The van der Waals surface area contributed by atoms with Gasteiger partial charge < -0.3 is 4.74 Å². The van der Waals surface area contributed by atoms with Crippen molar-refractivity contribution in [2.45, 2.75) is 46.6 Å². The van der Waals surface area contributed by atoms with E-state index in [1.807, 2.05) is 0 Å². The molecule has 1 atom stereocenters. The predicted molar refractivity (Wildman–Crippen MR) is 63.3 cm³/mol. The molecular weight excluding hydrogens is 184 g/mol. The fourth-order valence-corrected chi connectivity index (χ4v) is 2.54. The summed E-state index contributed by atoms with van der Waals surface area (Å²) < 4.78 is 5.81. The zero-order valence-corrected chi connectivity index (χ0v) is 10.2. The number of benzene rings is 1. The van der Waals surface area contributed by atoms with E-state index in [1.165, 1.54) is 40.7 Å². The lowest BCUT2D eigenvalue weighted by molar-refractivity contribution is 0.111. The summed E-state index contributed by atoms with van der Waals surface area (Å²) in [5.41, 5.74) is 7.08. The van der Waals surface area contributed by atoms with Gasteiger partial charge in [0.15, 0.2) is 0 Å². The van der Waals surface area contributed by atoms with Gasteiger partial charge in [0, 0.05) is 6.61 Å². The van der Waals surface area contributed by atoms with E-state index in [2.05, 4.69) is 33.8 Å². The average Bonchev–Trinajstić information content (AvgIpc) is 2.69. The summed E-state index contributed by atoms with van der Waals surface area (Å²) >= 11 is 0. The van der Waals surface area contributed by atoms with Gasteiger partial charge >= 0.3 is 0 Å². The summed E-state index contributed by atoms with van der Waals surface area (Å²) in [5.74, 6) is 0. The fraction of sp³-hybridized carbons (Fsp3) is 0.571. The number of ether oxygens (including phenoxy) is 1. The maximum atomic E-state index is 5.81. The Morgan fingerprint density at radius 2 is 1.67 bits per heavy atom. The minimum absolute atomic E-state index is 0.351. The molecule has 1 nitrogen and oxygen atoms in total. The highest BCUT2D eigenvalue weighted by Gasteiger charge is 2.22. The van der Waals surface area contributed by atoms with Crippen molar-refractivity contribution < 1.29 is 4.74 Å². The van der Waals surface area contributed by atoms with Crippen LogP contribution < -0.4 is 0 Å². The smallest absolute Gasteiger partial charge is 0.0831 e. The first-order chi connectivity index (χ1) is 7.11. The van der Waals surface area contributed by atoms with Crippen molar-refractivity contribution in [1.29, 1.82) is 0 Å². The quantitative estimate of drug-likeness (QED) is 0.676. The van der Waals surface area contributed by atoms with Gasteiger partial charge in [-0.25, -0.2) is 0 Å². The molecule has 0 aromatic heterocycles. The van der Waals surface area contributed by atoms with Crippen LogP contribution in [-0.2, 0) is 4.74 Å². The lowest BCUT2D eigenvalue weighted by Gasteiger charge is -2.19. The molecular formula is C14H20O. The van der Waals surface area contributed by atoms with Gasteiger partial charge in [0.1, 0.15) is 0 Å². The second kappa shape index (κ2) is 3.97. The molecule has 1 heteroatoms. The van der Waals surface area contributed by atoms with Crippen LogP contribution in [0.3, 0.4) is 0 Å². The summed E-state index contributed by atoms with van der Waals surface area (Å²) in [6.07, 6.45) is 2.74. The monoisotopic (exact) mass is 204 g/mol. The molecule has 1 unspecified atom stereocenters. The van der Waals surface area contributed by atoms with Crippen molar-refractivity contribution >= 4 is 0 Å². The standard InChI is InChI=1S/C14H20O/c1-9-8-10(2)12(4)14(11(9)3)13-6-5-7-15-13/h8,13H,5-7H2,1-4H3. The van der Waals surface area contributed by atoms with Gasteiger partial charge in [-0.05, 0) is 68.4 Å². The summed E-state index contributed by atoms with van der Waals surface area (Å²) in [5, 5.41) is 0. The summed E-state index contributed by atoms with van der Waals surface area (Å²) in [7, 11) is 0. The Labute approximate surface area is 92.5 Å². The van der Waals surface area contributed by atoms with Crippen LogP contribution in [0.2, 0.25) is 0 Å². The number of aryl methyl sites for hydroxylation is 2. The van der Waals surface area contributed by atoms with Crippen LogP contribution in [0.5, 0.6) is 0 Å². The average molecular weight is 204 g/mol. The second-order valence-electron chi connectivity index (χ2n) is 4.68. The molecule has 1 aromatic rings. The lowest BCUT2D eigenvalue weighted by Crippen LogP contribution is -2.05. The van der Waals surface area contributed by atoms with Gasteiger partial charge in [0.25, 0.3) is 0 Å². The maximum absolute atomic E-state index is 5.81. The third-order valence-corrected chi connectivity index (χ3v) is 3.68. The van der Waals surface area contributed by atoms with Crippen LogP contribution in [0.4, 0.5) is 0 Å². The summed E-state index contributed by atoms with van der Waals surface area (Å²) in [6.45, 7) is 9.76. The van der Waals surface area contributed by atoms with Crippen LogP contribution in [0.1, 0.15) is 46.8 Å². The minimum atomic E-state index is 0.351. The van der Waals surface area contributed by atoms with Gasteiger partial charge in [0.05, 0.1) is 6.10 Å². The zero-order valence-electron chi connectivity index (χ0n) is 10.2. The van der Waals surface area contributed by atoms with Crippen LogP contribution in [0, 0.1) is 27.7 Å². The molecule has 1 aromatic carbocycles. The van der Waals surface area contributed by atoms with Gasteiger partial charge in [-0.1, -0.05) is 6.07 Å². The molecule has 0 saturated carbocycles. The third kappa shape index (κ3) is 1.81. The summed E-state index contributed by atoms with van der Waals surface area (Å²) in [6, 6.07) is 2.28. The van der Waals surface area contributed by atoms with Gasteiger partial charge in [-0.2, -0.15) is 0 Å². The number of hydrogen-bond donors (Lipinski definition) is 0. The first-order valence-electron chi connectivity index (χ1n) is 5.80. The van der Waals surface area contributed by atoms with Crippen molar-refractivity contribution in [2.24, 2.45) is 0 Å². The van der Waals surface area contributed by atoms with Crippen LogP contribution in [0.15, 0.2) is 6.07 Å². The van der Waals surface area contributed by atoms with E-state index < -0.39 is 0 Å². The SMILES string of the molecule is Cc1cc(C)c(C)c(C2CCCO2)c1C. The van der Waals surface area contributed by atoms with E-state index in [4.69, 9.17) is 4.74 Å². The van der Waals surface area contributed by atoms with E-state index in [0.717, 1.165) is 6.61 Å². The van der Waals surface area contributed by atoms with Gasteiger partial charge in [-0.3, -0.25) is 0 Å². The highest BCUT2D eigenvalue weighted by molar-refractivity contribution is 5.45. The normalized spacial score (nSPS) is 20.9. The van der Waals surface area contributed by atoms with Crippen molar-refractivity contribution in [3.8, 4) is 0 Å². The lowest BCUT2D eigenvalue weighted by atomic mass is 9.90. The maximum Gasteiger partial charge on any atom is 0.0831 e. The predicted octanol–water partition coefficient (Wildman–Crippen LogP) is 3.77. The van der Waals surface area contributed by atoms with Crippen LogP contribution in [0.25, 0.3) is 0 Å². The number of hydrogen-bond acceptors (Lipinski definition) is 1. The Kier molecular flexibility index (Phi) is 2.83. The van der Waals surface area contributed by atoms with Crippen molar-refractivity contribution in [1.82, 2.24) is 0 Å². The molecule has 15 heavy (non-hydrogen) atoms. The Balaban J connectivity index is 2.52. The molecule has 0 bridgehead atoms. The zero-order chi connectivity index (χ0) is 11.0. The molecule has 0 radical (unpaired) electrons. The van der Waals surface area contributed by atoms with Crippen LogP contribution >= 0.6 is 0 Å². The molecule has 82 valence electrons. The topological polar surface area (TPSA) is 9.23 Å². The second-order valence-corrected chi connectivity index (χ2v) is 4.68. The molecule has 1 heterocycles. The van der Waals surface area contributed by atoms with Crippen molar-refractivity contribution in [3.05, 3.63) is 33.9 Å². The molecule has 0 aliphatic carbocycles. The van der Waals surface area contributed by atoms with Crippen molar-refractivity contribution in [2.75, 3.05) is 6.61 Å². The molecule has 1 aliphatic heterocycles. The van der Waals surface area contributed by atoms with Crippen LogP contribution in [-0.4, -0.2) is 6.61 Å². The van der Waals surface area contributed by atoms with E-state index >= 15 is 0 Å². The third-order valence-electron chi connectivity index (χ3n) is 3.68. The molecule has 1 saturated heterocycles. The summed E-state index contributed by atoms with van der Waals surface area (Å²) in [4.78, 5) is 0. The fourth-order valence-electron chi connectivity index (χ4n) is 2.54. The molecule has 1 aliphatic rings. The Hall–Kier alpha value is -0.820. The minimum Gasteiger partial charge on any atom is -0.374 e. The number of rotatable bonds is 1. The van der Waals surface area contributed by atoms with Crippen molar-refractivity contribution in [3.63, 3.8) is 0 Å². The molecule has 1 fully saturated rings. The Bertz CT molecular complexity index is 347. The van der Waals surface area contributed by atoms with E-state index in [-0.39, 0.29) is 0 Å². The Morgan fingerprint density at radius 3 is 2.13 bits per heavy atom. The van der Waals surface area contributed by atoms with E-state index in [9.17, 15) is 0 Å². The van der Waals surface area contributed by atoms with Gasteiger partial charge in [0.2, 0.25) is 0 Å². The molecule has 0 spiro atoms. The highest BCUT2D eigenvalue weighted by Crippen LogP contribution is 2.35.